The van der Waals surface area contributed by atoms with Gasteiger partial charge in [-0.15, -0.1) is 0 Å². The molecule has 1 aromatic heterocycles. The second-order valence-corrected chi connectivity index (χ2v) is 4.46. The van der Waals surface area contributed by atoms with Crippen LogP contribution in [0.1, 0.15) is 24.0 Å². The molecule has 0 radical (unpaired) electrons. The Morgan fingerprint density at radius 1 is 1.05 bits per heavy atom. The van der Waals surface area contributed by atoms with Crippen molar-refractivity contribution in [1.82, 2.24) is 5.32 Å². The summed E-state index contributed by atoms with van der Waals surface area (Å²) < 4.78 is 48.2. The van der Waals surface area contributed by atoms with E-state index in [0.29, 0.717) is 18.1 Å². The minimum absolute atomic E-state index is 0.178. The number of hydrogen-bond acceptors (Lipinski definition) is 3. The Bertz CT molecular complexity index is 561. The molecule has 0 aliphatic carbocycles. The van der Waals surface area contributed by atoms with Crippen molar-refractivity contribution in [2.24, 2.45) is 0 Å². The van der Waals surface area contributed by atoms with Crippen LogP contribution in [0.4, 0.5) is 13.2 Å². The number of nitrogens with one attached hydrogen (secondary N) is 1. The molecule has 1 aromatic carbocycles. The highest BCUT2D eigenvalue weighted by molar-refractivity contribution is 5.29. The van der Waals surface area contributed by atoms with E-state index in [1.165, 1.54) is 12.1 Å². The summed E-state index contributed by atoms with van der Waals surface area (Å²) in [4.78, 5) is 0. The van der Waals surface area contributed by atoms with Crippen molar-refractivity contribution < 1.29 is 22.3 Å². The van der Waals surface area contributed by atoms with Crippen molar-refractivity contribution in [3.63, 3.8) is 0 Å². The van der Waals surface area contributed by atoms with Crippen LogP contribution in [0.15, 0.2) is 40.8 Å². The zero-order valence-corrected chi connectivity index (χ0v) is 11.5. The van der Waals surface area contributed by atoms with Gasteiger partial charge >= 0.3 is 6.18 Å². The lowest BCUT2D eigenvalue weighted by Crippen LogP contribution is -2.10. The van der Waals surface area contributed by atoms with Crippen molar-refractivity contribution in [3.05, 3.63) is 53.5 Å². The second kappa shape index (κ2) is 6.67. The number of ether oxygens (including phenoxy) is 1. The predicted octanol–water partition coefficient (Wildman–Crippen LogP) is 3.99. The smallest absolute Gasteiger partial charge is 0.416 e. The van der Waals surface area contributed by atoms with Gasteiger partial charge in [0.2, 0.25) is 0 Å². The Kier molecular flexibility index (Phi) is 4.90. The van der Waals surface area contributed by atoms with E-state index >= 15 is 0 Å². The molecule has 0 fully saturated rings. The van der Waals surface area contributed by atoms with Crippen molar-refractivity contribution in [2.45, 2.75) is 26.3 Å². The van der Waals surface area contributed by atoms with Crippen LogP contribution in [-0.4, -0.2) is 6.54 Å². The average molecular weight is 299 g/mol. The fourth-order valence-corrected chi connectivity index (χ4v) is 1.74. The van der Waals surface area contributed by atoms with Gasteiger partial charge in [-0.05, 0) is 42.9 Å². The summed E-state index contributed by atoms with van der Waals surface area (Å²) in [6.45, 7) is 3.66. The van der Waals surface area contributed by atoms with E-state index in [2.05, 4.69) is 5.32 Å². The number of benzene rings is 1. The molecule has 0 aliphatic rings. The second-order valence-electron chi connectivity index (χ2n) is 4.46. The molecule has 1 N–H and O–H groups in total. The zero-order valence-electron chi connectivity index (χ0n) is 11.5. The first kappa shape index (κ1) is 15.4. The maximum absolute atomic E-state index is 12.4. The van der Waals surface area contributed by atoms with Gasteiger partial charge in [0.15, 0.2) is 0 Å². The molecular formula is C15H16F3NO2. The van der Waals surface area contributed by atoms with E-state index in [9.17, 15) is 13.2 Å². The van der Waals surface area contributed by atoms with E-state index in [-0.39, 0.29) is 6.61 Å². The highest BCUT2D eigenvalue weighted by Crippen LogP contribution is 2.30. The Labute approximate surface area is 120 Å². The number of rotatable bonds is 6. The molecule has 21 heavy (non-hydrogen) atoms. The van der Waals surface area contributed by atoms with Gasteiger partial charge in [-0.1, -0.05) is 6.92 Å². The van der Waals surface area contributed by atoms with Gasteiger partial charge in [-0.2, -0.15) is 13.2 Å². The molecule has 0 spiro atoms. The molecule has 2 rings (SSSR count). The third-order valence-corrected chi connectivity index (χ3v) is 2.83. The molecular weight excluding hydrogens is 283 g/mol. The van der Waals surface area contributed by atoms with Crippen molar-refractivity contribution >= 4 is 0 Å². The molecule has 0 amide bonds. The van der Waals surface area contributed by atoms with Gasteiger partial charge in [0.05, 0.1) is 12.1 Å². The number of furan rings is 1. The number of alkyl halides is 3. The molecule has 0 saturated carbocycles. The highest BCUT2D eigenvalue weighted by atomic mass is 19.4. The third kappa shape index (κ3) is 4.53. The molecule has 0 saturated heterocycles. The number of halogens is 3. The van der Waals surface area contributed by atoms with E-state index < -0.39 is 11.7 Å². The third-order valence-electron chi connectivity index (χ3n) is 2.83. The quantitative estimate of drug-likeness (QED) is 0.876. The average Bonchev–Trinajstić information content (AvgIpc) is 2.90. The summed E-state index contributed by atoms with van der Waals surface area (Å²) in [5, 5.41) is 3.13. The molecule has 114 valence electrons. The van der Waals surface area contributed by atoms with Gasteiger partial charge in [-0.3, -0.25) is 0 Å². The van der Waals surface area contributed by atoms with Crippen LogP contribution in [0.5, 0.6) is 5.75 Å². The fraction of sp³-hybridized carbons (Fsp3) is 0.333. The first-order chi connectivity index (χ1) is 9.99. The van der Waals surface area contributed by atoms with Gasteiger partial charge in [0, 0.05) is 0 Å². The van der Waals surface area contributed by atoms with Crippen LogP contribution >= 0.6 is 0 Å². The fourth-order valence-electron chi connectivity index (χ4n) is 1.74. The predicted molar refractivity (Wildman–Crippen MR) is 71.9 cm³/mol. The SMILES string of the molecule is CCNCc1ccc(COc2ccc(C(F)(F)F)cc2)o1. The lowest BCUT2D eigenvalue weighted by atomic mass is 10.2. The molecule has 3 nitrogen and oxygen atoms in total. The van der Waals surface area contributed by atoms with Gasteiger partial charge in [-0.25, -0.2) is 0 Å². The molecule has 1 heterocycles. The Morgan fingerprint density at radius 3 is 2.33 bits per heavy atom. The maximum Gasteiger partial charge on any atom is 0.416 e. The first-order valence-electron chi connectivity index (χ1n) is 6.57. The van der Waals surface area contributed by atoms with Gasteiger partial charge in [0.25, 0.3) is 0 Å². The maximum atomic E-state index is 12.4. The van der Waals surface area contributed by atoms with Crippen molar-refractivity contribution in [1.29, 1.82) is 0 Å². The molecule has 0 aliphatic heterocycles. The first-order valence-corrected chi connectivity index (χ1v) is 6.57. The molecule has 0 atom stereocenters. The highest BCUT2D eigenvalue weighted by Gasteiger charge is 2.29. The van der Waals surface area contributed by atoms with E-state index in [1.54, 1.807) is 6.07 Å². The topological polar surface area (TPSA) is 34.4 Å². The lowest BCUT2D eigenvalue weighted by Gasteiger charge is -2.08. The largest absolute Gasteiger partial charge is 0.486 e. The van der Waals surface area contributed by atoms with Crippen LogP contribution in [0, 0.1) is 0 Å². The summed E-state index contributed by atoms with van der Waals surface area (Å²) in [6.07, 6.45) is -4.33. The summed E-state index contributed by atoms with van der Waals surface area (Å²) in [6, 6.07) is 8.21. The van der Waals surface area contributed by atoms with Crippen LogP contribution < -0.4 is 10.1 Å². The van der Waals surface area contributed by atoms with E-state index in [4.69, 9.17) is 9.15 Å². The Hall–Kier alpha value is -1.95. The summed E-state index contributed by atoms with van der Waals surface area (Å²) in [7, 11) is 0. The van der Waals surface area contributed by atoms with Gasteiger partial charge < -0.3 is 14.5 Å². The molecule has 0 unspecified atom stereocenters. The van der Waals surface area contributed by atoms with Crippen LogP contribution in [0.3, 0.4) is 0 Å². The monoisotopic (exact) mass is 299 g/mol. The Morgan fingerprint density at radius 2 is 1.71 bits per heavy atom. The minimum atomic E-state index is -4.33. The zero-order chi connectivity index (χ0) is 15.3. The minimum Gasteiger partial charge on any atom is -0.486 e. The molecule has 2 aromatic rings. The lowest BCUT2D eigenvalue weighted by molar-refractivity contribution is -0.137. The summed E-state index contributed by atoms with van der Waals surface area (Å²) in [5.41, 5.74) is -0.694. The van der Waals surface area contributed by atoms with E-state index in [0.717, 1.165) is 24.4 Å². The van der Waals surface area contributed by atoms with E-state index in [1.807, 2.05) is 13.0 Å². The van der Waals surface area contributed by atoms with Crippen molar-refractivity contribution in [2.75, 3.05) is 6.54 Å². The van der Waals surface area contributed by atoms with Crippen molar-refractivity contribution in [3.8, 4) is 5.75 Å². The molecule has 0 bridgehead atoms. The van der Waals surface area contributed by atoms with Gasteiger partial charge in [0.1, 0.15) is 23.9 Å². The standard InChI is InChI=1S/C15H16F3NO2/c1-2-19-9-13-7-8-14(21-13)10-20-12-5-3-11(4-6-12)15(16,17)18/h3-8,19H,2,9-10H2,1H3. The van der Waals surface area contributed by atoms with Crippen LogP contribution in [-0.2, 0) is 19.3 Å². The molecule has 6 heteroatoms. The van der Waals surface area contributed by atoms with Crippen LogP contribution in [0.2, 0.25) is 0 Å². The summed E-state index contributed by atoms with van der Waals surface area (Å²) in [5.74, 6) is 1.79. The number of hydrogen-bond donors (Lipinski definition) is 1. The van der Waals surface area contributed by atoms with Crippen LogP contribution in [0.25, 0.3) is 0 Å². The Balaban J connectivity index is 1.89. The normalized spacial score (nSPS) is 11.6. The summed E-state index contributed by atoms with van der Waals surface area (Å²) >= 11 is 0.